The van der Waals surface area contributed by atoms with Crippen molar-refractivity contribution in [3.63, 3.8) is 0 Å². The Morgan fingerprint density at radius 2 is 1.83 bits per heavy atom. The van der Waals surface area contributed by atoms with Gasteiger partial charge in [-0.1, -0.05) is 29.7 Å². The van der Waals surface area contributed by atoms with Gasteiger partial charge in [0.2, 0.25) is 0 Å². The maximum Gasteiger partial charge on any atom is 0.321 e. The second-order valence-electron chi connectivity index (χ2n) is 6.27. The molecule has 1 aromatic carbocycles. The summed E-state index contributed by atoms with van der Waals surface area (Å²) >= 11 is 6.05. The van der Waals surface area contributed by atoms with Gasteiger partial charge >= 0.3 is 6.03 Å². The van der Waals surface area contributed by atoms with Crippen LogP contribution < -0.4 is 10.2 Å². The molecule has 0 radical (unpaired) electrons. The first-order valence-corrected chi connectivity index (χ1v) is 8.84. The highest BCUT2D eigenvalue weighted by atomic mass is 35.5. The van der Waals surface area contributed by atoms with E-state index in [-0.39, 0.29) is 6.03 Å². The number of hydrogen-bond acceptors (Lipinski definition) is 2. The van der Waals surface area contributed by atoms with E-state index in [1.807, 2.05) is 29.3 Å². The van der Waals surface area contributed by atoms with Crippen LogP contribution in [0.1, 0.15) is 32.1 Å². The highest BCUT2D eigenvalue weighted by molar-refractivity contribution is 6.30. The first-order valence-electron chi connectivity index (χ1n) is 8.46. The van der Waals surface area contributed by atoms with Crippen molar-refractivity contribution in [1.82, 2.24) is 10.2 Å². The molecule has 1 saturated carbocycles. The van der Waals surface area contributed by atoms with E-state index in [1.54, 1.807) is 0 Å². The minimum atomic E-state index is 0.0221. The zero-order valence-corrected chi connectivity index (χ0v) is 14.2. The van der Waals surface area contributed by atoms with Gasteiger partial charge in [-0.15, -0.1) is 0 Å². The summed E-state index contributed by atoms with van der Waals surface area (Å²) < 4.78 is 0. The quantitative estimate of drug-likeness (QED) is 0.887. The van der Waals surface area contributed by atoms with Crippen LogP contribution in [-0.4, -0.2) is 37.1 Å². The van der Waals surface area contributed by atoms with Gasteiger partial charge in [0.15, 0.2) is 0 Å². The molecule has 0 bridgehead atoms. The summed E-state index contributed by atoms with van der Waals surface area (Å²) in [5.74, 6) is 0. The summed E-state index contributed by atoms with van der Waals surface area (Å²) in [5.41, 5.74) is 2.50. The first-order chi connectivity index (χ1) is 11.2. The van der Waals surface area contributed by atoms with Crippen molar-refractivity contribution in [2.45, 2.75) is 32.1 Å². The van der Waals surface area contributed by atoms with Crippen molar-refractivity contribution in [2.24, 2.45) is 0 Å². The van der Waals surface area contributed by atoms with Gasteiger partial charge in [-0.25, -0.2) is 4.79 Å². The van der Waals surface area contributed by atoms with Gasteiger partial charge in [-0.3, -0.25) is 0 Å². The van der Waals surface area contributed by atoms with Crippen molar-refractivity contribution >= 4 is 23.3 Å². The summed E-state index contributed by atoms with van der Waals surface area (Å²) in [6, 6.07) is 7.91. The van der Waals surface area contributed by atoms with Crippen molar-refractivity contribution in [2.75, 3.05) is 31.1 Å². The van der Waals surface area contributed by atoms with Crippen molar-refractivity contribution < 1.29 is 4.79 Å². The van der Waals surface area contributed by atoms with E-state index >= 15 is 0 Å². The predicted molar refractivity (Wildman–Crippen MR) is 94.9 cm³/mol. The zero-order valence-electron chi connectivity index (χ0n) is 13.4. The number of benzene rings is 1. The van der Waals surface area contributed by atoms with E-state index in [2.05, 4.69) is 16.3 Å². The number of carbonyl (C=O) groups is 1. The van der Waals surface area contributed by atoms with Crippen molar-refractivity contribution in [3.8, 4) is 0 Å². The molecule has 124 valence electrons. The smallest absolute Gasteiger partial charge is 0.321 e. The third kappa shape index (κ3) is 4.41. The van der Waals surface area contributed by atoms with Crippen molar-refractivity contribution in [1.29, 1.82) is 0 Å². The van der Waals surface area contributed by atoms with E-state index in [0.717, 1.165) is 49.7 Å². The Hall–Kier alpha value is -1.68. The molecule has 23 heavy (non-hydrogen) atoms. The minimum absolute atomic E-state index is 0.0221. The fourth-order valence-corrected chi connectivity index (χ4v) is 3.43. The number of amides is 2. The number of allylic oxidation sites excluding steroid dienone is 1. The second kappa shape index (κ2) is 7.73. The average Bonchev–Trinajstić information content (AvgIpc) is 2.61. The van der Waals surface area contributed by atoms with Gasteiger partial charge in [0.1, 0.15) is 0 Å². The van der Waals surface area contributed by atoms with Crippen LogP contribution >= 0.6 is 11.6 Å². The summed E-state index contributed by atoms with van der Waals surface area (Å²) in [6.45, 7) is 3.15. The van der Waals surface area contributed by atoms with Crippen LogP contribution in [0.2, 0.25) is 5.02 Å². The topological polar surface area (TPSA) is 35.6 Å². The lowest BCUT2D eigenvalue weighted by Gasteiger charge is -2.36. The summed E-state index contributed by atoms with van der Waals surface area (Å²) in [5, 5.41) is 3.72. The zero-order chi connectivity index (χ0) is 16.1. The number of rotatable bonds is 2. The van der Waals surface area contributed by atoms with Crippen LogP contribution in [0.15, 0.2) is 36.0 Å². The normalized spacial score (nSPS) is 18.7. The van der Waals surface area contributed by atoms with E-state index in [1.165, 1.54) is 24.8 Å². The fraction of sp³-hybridized carbons (Fsp3) is 0.500. The molecule has 0 spiro atoms. The number of piperazine rings is 1. The van der Waals surface area contributed by atoms with Crippen LogP contribution in [0.25, 0.3) is 0 Å². The third-order valence-corrected chi connectivity index (χ3v) is 4.87. The van der Waals surface area contributed by atoms with E-state index in [0.29, 0.717) is 0 Å². The number of anilines is 1. The van der Waals surface area contributed by atoms with Crippen LogP contribution in [0, 0.1) is 0 Å². The molecule has 4 nitrogen and oxygen atoms in total. The highest BCUT2D eigenvalue weighted by Crippen LogP contribution is 2.22. The molecule has 2 aliphatic rings. The number of hydrogen-bond donors (Lipinski definition) is 1. The molecule has 1 saturated heterocycles. The molecule has 1 N–H and O–H groups in total. The number of nitrogens with one attached hydrogen (secondary N) is 1. The lowest BCUT2D eigenvalue weighted by atomic mass is 9.96. The summed E-state index contributed by atoms with van der Waals surface area (Å²) in [7, 11) is 0. The molecule has 2 amide bonds. The van der Waals surface area contributed by atoms with Crippen LogP contribution in [0.5, 0.6) is 0 Å². The van der Waals surface area contributed by atoms with Gasteiger partial charge in [0.25, 0.3) is 0 Å². The molecule has 0 aromatic heterocycles. The average molecular weight is 334 g/mol. The maximum absolute atomic E-state index is 12.3. The Morgan fingerprint density at radius 1 is 1.09 bits per heavy atom. The Labute approximate surface area is 143 Å². The molecule has 5 heteroatoms. The lowest BCUT2D eigenvalue weighted by Crippen LogP contribution is -2.51. The Balaban J connectivity index is 1.49. The lowest BCUT2D eigenvalue weighted by molar-refractivity contribution is 0.198. The monoisotopic (exact) mass is 333 g/mol. The molecule has 1 aromatic rings. The SMILES string of the molecule is O=C(NC=C1CCCCC1)N1CCN(c2cccc(Cl)c2)CC1. The Kier molecular flexibility index (Phi) is 5.44. The van der Waals surface area contributed by atoms with E-state index in [9.17, 15) is 4.79 Å². The summed E-state index contributed by atoms with van der Waals surface area (Å²) in [4.78, 5) is 16.4. The molecule has 1 aliphatic heterocycles. The van der Waals surface area contributed by atoms with Gasteiger partial charge in [0.05, 0.1) is 0 Å². The number of nitrogens with zero attached hydrogens (tertiary/aromatic N) is 2. The molecular formula is C18H24ClN3O. The van der Waals surface area contributed by atoms with E-state index < -0.39 is 0 Å². The third-order valence-electron chi connectivity index (χ3n) is 4.64. The standard InChI is InChI=1S/C18H24ClN3O/c19-16-7-4-8-17(13-16)21-9-11-22(12-10-21)18(23)20-14-15-5-2-1-3-6-15/h4,7-8,13-14H,1-3,5-6,9-12H2,(H,20,23). The molecular weight excluding hydrogens is 310 g/mol. The molecule has 1 aliphatic carbocycles. The number of halogens is 1. The van der Waals surface area contributed by atoms with Gasteiger partial charge in [-0.2, -0.15) is 0 Å². The van der Waals surface area contributed by atoms with Gasteiger partial charge in [-0.05, 0) is 43.9 Å². The Morgan fingerprint density at radius 3 is 2.52 bits per heavy atom. The highest BCUT2D eigenvalue weighted by Gasteiger charge is 2.21. The number of urea groups is 1. The van der Waals surface area contributed by atoms with Gasteiger partial charge < -0.3 is 15.1 Å². The minimum Gasteiger partial charge on any atom is -0.368 e. The molecule has 1 heterocycles. The largest absolute Gasteiger partial charge is 0.368 e. The van der Waals surface area contributed by atoms with Gasteiger partial charge in [0, 0.05) is 43.1 Å². The van der Waals surface area contributed by atoms with E-state index in [4.69, 9.17) is 11.6 Å². The van der Waals surface area contributed by atoms with Crippen LogP contribution in [0.3, 0.4) is 0 Å². The molecule has 0 atom stereocenters. The second-order valence-corrected chi connectivity index (χ2v) is 6.70. The summed E-state index contributed by atoms with van der Waals surface area (Å²) in [6.07, 6.45) is 8.01. The molecule has 0 unspecified atom stereocenters. The molecule has 2 fully saturated rings. The predicted octanol–water partition coefficient (Wildman–Crippen LogP) is 4.02. The first kappa shape index (κ1) is 16.2. The maximum atomic E-state index is 12.3. The number of carbonyl (C=O) groups excluding carboxylic acids is 1. The van der Waals surface area contributed by atoms with Crippen LogP contribution in [0.4, 0.5) is 10.5 Å². The van der Waals surface area contributed by atoms with Crippen molar-refractivity contribution in [3.05, 3.63) is 41.1 Å². The fourth-order valence-electron chi connectivity index (χ4n) is 3.25. The Bertz CT molecular complexity index is 571. The van der Waals surface area contributed by atoms with Crippen LogP contribution in [-0.2, 0) is 0 Å². The molecule has 3 rings (SSSR count).